The third-order valence-corrected chi connectivity index (χ3v) is 5.36. The van der Waals surface area contributed by atoms with Gasteiger partial charge in [0.2, 0.25) is 11.8 Å². The van der Waals surface area contributed by atoms with Crippen LogP contribution in [0.15, 0.2) is 58.3 Å². The molecule has 4 nitrogen and oxygen atoms in total. The van der Waals surface area contributed by atoms with Crippen LogP contribution in [0.25, 0.3) is 0 Å². The smallest absolute Gasteiger partial charge is 0.220 e. The molecule has 0 unspecified atom stereocenters. The van der Waals surface area contributed by atoms with Crippen LogP contribution >= 0.6 is 23.5 Å². The van der Waals surface area contributed by atoms with Crippen LogP contribution in [0, 0.1) is 0 Å². The minimum atomic E-state index is -0.113. The van der Waals surface area contributed by atoms with E-state index in [1.807, 2.05) is 61.0 Å². The zero-order valence-corrected chi connectivity index (χ0v) is 16.7. The van der Waals surface area contributed by atoms with Gasteiger partial charge in [0.05, 0.1) is 0 Å². The van der Waals surface area contributed by atoms with E-state index in [-0.39, 0.29) is 24.7 Å². The van der Waals surface area contributed by atoms with Crippen LogP contribution in [-0.2, 0) is 22.7 Å². The van der Waals surface area contributed by atoms with Crippen molar-refractivity contribution in [3.63, 3.8) is 0 Å². The fourth-order valence-electron chi connectivity index (χ4n) is 2.29. The lowest BCUT2D eigenvalue weighted by Crippen LogP contribution is -2.27. The number of thioether (sulfide) groups is 2. The normalized spacial score (nSPS) is 10.4. The van der Waals surface area contributed by atoms with Crippen LogP contribution < -0.4 is 10.6 Å². The van der Waals surface area contributed by atoms with Gasteiger partial charge in [-0.25, -0.2) is 0 Å². The van der Waals surface area contributed by atoms with Crippen LogP contribution in [0.1, 0.15) is 24.0 Å². The first-order valence-electron chi connectivity index (χ1n) is 8.40. The van der Waals surface area contributed by atoms with Crippen LogP contribution in [0.2, 0.25) is 0 Å². The maximum absolute atomic E-state index is 11.9. The Hall–Kier alpha value is -1.92. The molecule has 0 saturated carbocycles. The molecular formula is C20H24N2O2S2. The maximum Gasteiger partial charge on any atom is 0.220 e. The maximum atomic E-state index is 11.9. The molecule has 2 aromatic rings. The molecule has 0 aliphatic carbocycles. The van der Waals surface area contributed by atoms with Crippen LogP contribution in [0.5, 0.6) is 0 Å². The molecule has 0 aromatic heterocycles. The number of carbonyl (C=O) groups is 2. The highest BCUT2D eigenvalue weighted by molar-refractivity contribution is 7.98. The molecule has 0 bridgehead atoms. The SMILES string of the molecule is CSc1ccc(CNC(=O)CCC(=O)NCc2ccc(SC)cc2)cc1. The number of nitrogens with one attached hydrogen (secondary N) is 2. The summed E-state index contributed by atoms with van der Waals surface area (Å²) in [6.45, 7) is 0.966. The largest absolute Gasteiger partial charge is 0.352 e. The second-order valence-corrected chi connectivity index (χ2v) is 7.51. The Morgan fingerprint density at radius 2 is 1.04 bits per heavy atom. The van der Waals surface area contributed by atoms with Crippen molar-refractivity contribution in [2.24, 2.45) is 0 Å². The Morgan fingerprint density at radius 3 is 1.35 bits per heavy atom. The predicted octanol–water partition coefficient (Wildman–Crippen LogP) is 3.84. The van der Waals surface area contributed by atoms with Gasteiger partial charge in [-0.15, -0.1) is 23.5 Å². The topological polar surface area (TPSA) is 58.2 Å². The second-order valence-electron chi connectivity index (χ2n) is 5.75. The number of hydrogen-bond donors (Lipinski definition) is 2. The van der Waals surface area contributed by atoms with Crippen molar-refractivity contribution in [1.29, 1.82) is 0 Å². The van der Waals surface area contributed by atoms with Gasteiger partial charge in [-0.1, -0.05) is 24.3 Å². The molecule has 26 heavy (non-hydrogen) atoms. The zero-order chi connectivity index (χ0) is 18.8. The van der Waals surface area contributed by atoms with Crippen molar-refractivity contribution in [2.45, 2.75) is 35.7 Å². The first-order chi connectivity index (χ1) is 12.6. The van der Waals surface area contributed by atoms with Gasteiger partial charge in [-0.2, -0.15) is 0 Å². The number of benzene rings is 2. The molecule has 0 saturated heterocycles. The van der Waals surface area contributed by atoms with Crippen LogP contribution in [0.4, 0.5) is 0 Å². The molecule has 0 aliphatic rings. The predicted molar refractivity (Wildman–Crippen MR) is 109 cm³/mol. The lowest BCUT2D eigenvalue weighted by Gasteiger charge is -2.07. The van der Waals surface area contributed by atoms with Gasteiger partial charge >= 0.3 is 0 Å². The molecule has 0 heterocycles. The molecule has 0 aliphatic heterocycles. The van der Waals surface area contributed by atoms with Crippen molar-refractivity contribution in [1.82, 2.24) is 10.6 Å². The van der Waals surface area contributed by atoms with E-state index in [0.717, 1.165) is 11.1 Å². The highest BCUT2D eigenvalue weighted by Gasteiger charge is 2.07. The highest BCUT2D eigenvalue weighted by Crippen LogP contribution is 2.15. The Morgan fingerprint density at radius 1 is 0.692 bits per heavy atom. The van der Waals surface area contributed by atoms with Gasteiger partial charge in [0, 0.05) is 35.7 Å². The summed E-state index contributed by atoms with van der Waals surface area (Å²) in [4.78, 5) is 26.2. The molecule has 2 rings (SSSR count). The number of carbonyl (C=O) groups excluding carboxylic acids is 2. The van der Waals surface area contributed by atoms with Gasteiger partial charge in [0.25, 0.3) is 0 Å². The Bertz CT molecular complexity index is 652. The lowest BCUT2D eigenvalue weighted by atomic mass is 10.2. The zero-order valence-electron chi connectivity index (χ0n) is 15.1. The fraction of sp³-hybridized carbons (Fsp3) is 0.300. The van der Waals surface area contributed by atoms with Crippen LogP contribution in [-0.4, -0.2) is 24.3 Å². The quantitative estimate of drug-likeness (QED) is 0.641. The molecule has 2 aromatic carbocycles. The van der Waals surface area contributed by atoms with E-state index in [4.69, 9.17) is 0 Å². The molecule has 2 amide bonds. The standard InChI is InChI=1S/C20H24N2O2S2/c1-25-17-7-3-15(4-8-17)13-21-19(23)11-12-20(24)22-14-16-5-9-18(26-2)10-6-16/h3-10H,11-14H2,1-2H3,(H,21,23)(H,22,24). The van der Waals surface area contributed by atoms with E-state index in [9.17, 15) is 9.59 Å². The van der Waals surface area contributed by atoms with Gasteiger partial charge in [0.1, 0.15) is 0 Å². The lowest BCUT2D eigenvalue weighted by molar-refractivity contribution is -0.126. The Labute approximate surface area is 163 Å². The Kier molecular flexibility index (Phi) is 8.58. The van der Waals surface area contributed by atoms with Crippen molar-refractivity contribution >= 4 is 35.3 Å². The van der Waals surface area contributed by atoms with Crippen LogP contribution in [0.3, 0.4) is 0 Å². The minimum absolute atomic E-state index is 0.113. The number of amides is 2. The summed E-state index contributed by atoms with van der Waals surface area (Å²) in [6, 6.07) is 16.1. The summed E-state index contributed by atoms with van der Waals surface area (Å²) in [5.41, 5.74) is 2.10. The van der Waals surface area contributed by atoms with E-state index in [1.54, 1.807) is 23.5 Å². The summed E-state index contributed by atoms with van der Waals surface area (Å²) in [7, 11) is 0. The van der Waals surface area contributed by atoms with E-state index < -0.39 is 0 Å². The molecule has 6 heteroatoms. The highest BCUT2D eigenvalue weighted by atomic mass is 32.2. The van der Waals surface area contributed by atoms with Gasteiger partial charge in [0.15, 0.2) is 0 Å². The van der Waals surface area contributed by atoms with Gasteiger partial charge in [-0.05, 0) is 47.9 Å². The van der Waals surface area contributed by atoms with Crippen molar-refractivity contribution in [3.8, 4) is 0 Å². The summed E-state index contributed by atoms with van der Waals surface area (Å²) in [5, 5.41) is 5.70. The Balaban J connectivity index is 1.64. The van der Waals surface area contributed by atoms with Crippen molar-refractivity contribution in [3.05, 3.63) is 59.7 Å². The third kappa shape index (κ3) is 7.14. The summed E-state index contributed by atoms with van der Waals surface area (Å²) < 4.78 is 0. The molecule has 0 spiro atoms. The van der Waals surface area contributed by atoms with E-state index in [1.165, 1.54) is 9.79 Å². The van der Waals surface area contributed by atoms with Gasteiger partial charge < -0.3 is 10.6 Å². The molecule has 0 atom stereocenters. The second kappa shape index (κ2) is 10.9. The number of hydrogen-bond acceptors (Lipinski definition) is 4. The molecule has 0 radical (unpaired) electrons. The minimum Gasteiger partial charge on any atom is -0.352 e. The van der Waals surface area contributed by atoms with Crippen molar-refractivity contribution in [2.75, 3.05) is 12.5 Å². The molecule has 0 fully saturated rings. The van der Waals surface area contributed by atoms with E-state index in [0.29, 0.717) is 13.1 Å². The average molecular weight is 389 g/mol. The first-order valence-corrected chi connectivity index (χ1v) is 10.8. The third-order valence-electron chi connectivity index (χ3n) is 3.88. The summed E-state index contributed by atoms with van der Waals surface area (Å²) in [6.07, 6.45) is 4.45. The molecule has 2 N–H and O–H groups in total. The monoisotopic (exact) mass is 388 g/mol. The molecular weight excluding hydrogens is 364 g/mol. The fourth-order valence-corrected chi connectivity index (χ4v) is 3.11. The van der Waals surface area contributed by atoms with Gasteiger partial charge in [-0.3, -0.25) is 9.59 Å². The summed E-state index contributed by atoms with van der Waals surface area (Å²) >= 11 is 3.37. The average Bonchev–Trinajstić information content (AvgIpc) is 2.69. The summed E-state index contributed by atoms with van der Waals surface area (Å²) in [5.74, 6) is -0.225. The van der Waals surface area contributed by atoms with Crippen molar-refractivity contribution < 1.29 is 9.59 Å². The van der Waals surface area contributed by atoms with E-state index >= 15 is 0 Å². The van der Waals surface area contributed by atoms with E-state index in [2.05, 4.69) is 10.6 Å². The first kappa shape index (κ1) is 20.4. The molecule has 138 valence electrons. The number of rotatable bonds is 9.